The smallest absolute Gasteiger partial charge is 0.450 e. The number of aliphatic hydroxyl groups is 1. The molecule has 33 heavy (non-hydrogen) atoms. The number of alkyl halides is 3. The fraction of sp³-hybridized carbons (Fsp3) is 0.619. The van der Waals surface area contributed by atoms with Crippen LogP contribution in [-0.4, -0.2) is 71.8 Å². The standard InChI is InChI=1S/C21H27F4N3O5/c1-2-32-20(31)27-10-13(12-29)7-16(11-27)28(15-4-5-15)19(30)26-9-14-3-6-17(8-18(14)22)33-21(23,24)25/h3,6,8,13,15-16,29H,2,4-5,7,9-12H2,1H3,(H,26,30). The first kappa shape index (κ1) is 24.9. The van der Waals surface area contributed by atoms with Gasteiger partial charge in [-0.3, -0.25) is 0 Å². The van der Waals surface area contributed by atoms with Crippen LogP contribution < -0.4 is 10.1 Å². The Balaban J connectivity index is 1.66. The van der Waals surface area contributed by atoms with Crippen LogP contribution in [0.1, 0.15) is 31.7 Å². The summed E-state index contributed by atoms with van der Waals surface area (Å²) in [6.07, 6.45) is -3.39. The molecule has 184 valence electrons. The van der Waals surface area contributed by atoms with E-state index in [2.05, 4.69) is 10.1 Å². The highest BCUT2D eigenvalue weighted by Gasteiger charge is 2.42. The van der Waals surface area contributed by atoms with Crippen molar-refractivity contribution in [3.8, 4) is 5.75 Å². The van der Waals surface area contributed by atoms with Crippen molar-refractivity contribution >= 4 is 12.1 Å². The van der Waals surface area contributed by atoms with Crippen molar-refractivity contribution in [1.82, 2.24) is 15.1 Å². The van der Waals surface area contributed by atoms with E-state index in [1.807, 2.05) is 0 Å². The van der Waals surface area contributed by atoms with Crippen molar-refractivity contribution in [1.29, 1.82) is 0 Å². The van der Waals surface area contributed by atoms with Gasteiger partial charge in [-0.2, -0.15) is 0 Å². The molecule has 2 unspecified atom stereocenters. The predicted molar refractivity (Wildman–Crippen MR) is 108 cm³/mol. The summed E-state index contributed by atoms with van der Waals surface area (Å²) in [6, 6.07) is 1.82. The van der Waals surface area contributed by atoms with E-state index in [0.29, 0.717) is 19.0 Å². The first-order valence-corrected chi connectivity index (χ1v) is 10.7. The zero-order valence-electron chi connectivity index (χ0n) is 18.1. The minimum absolute atomic E-state index is 0.00125. The quantitative estimate of drug-likeness (QED) is 0.589. The summed E-state index contributed by atoms with van der Waals surface area (Å²) in [4.78, 5) is 28.3. The molecule has 1 saturated carbocycles. The van der Waals surface area contributed by atoms with Gasteiger partial charge in [-0.25, -0.2) is 14.0 Å². The molecule has 1 aliphatic carbocycles. The van der Waals surface area contributed by atoms with E-state index in [0.717, 1.165) is 25.0 Å². The van der Waals surface area contributed by atoms with Gasteiger partial charge in [-0.15, -0.1) is 13.2 Å². The number of urea groups is 1. The van der Waals surface area contributed by atoms with Gasteiger partial charge in [0.2, 0.25) is 0 Å². The average Bonchev–Trinajstić information content (AvgIpc) is 3.57. The van der Waals surface area contributed by atoms with Crippen molar-refractivity contribution in [2.75, 3.05) is 26.3 Å². The van der Waals surface area contributed by atoms with Crippen LogP contribution in [0.5, 0.6) is 5.75 Å². The number of halogens is 4. The summed E-state index contributed by atoms with van der Waals surface area (Å²) in [6.45, 7) is 2.07. The van der Waals surface area contributed by atoms with Crippen LogP contribution in [0.2, 0.25) is 0 Å². The summed E-state index contributed by atoms with van der Waals surface area (Å²) in [5.41, 5.74) is -0.00125. The molecular formula is C21H27F4N3O5. The van der Waals surface area contributed by atoms with Gasteiger partial charge in [-0.05, 0) is 32.3 Å². The molecule has 1 aliphatic heterocycles. The lowest BCUT2D eigenvalue weighted by molar-refractivity contribution is -0.274. The summed E-state index contributed by atoms with van der Waals surface area (Å²) in [7, 11) is 0. The topological polar surface area (TPSA) is 91.3 Å². The molecule has 2 atom stereocenters. The number of hydrogen-bond acceptors (Lipinski definition) is 5. The van der Waals surface area contributed by atoms with Gasteiger partial charge in [0, 0.05) is 49.8 Å². The highest BCUT2D eigenvalue weighted by molar-refractivity contribution is 5.75. The number of carbonyl (C=O) groups excluding carboxylic acids is 2. The number of ether oxygens (including phenoxy) is 2. The molecular weight excluding hydrogens is 450 g/mol. The second-order valence-electron chi connectivity index (χ2n) is 8.14. The van der Waals surface area contributed by atoms with Gasteiger partial charge in [0.25, 0.3) is 0 Å². The first-order valence-electron chi connectivity index (χ1n) is 10.7. The molecule has 2 fully saturated rings. The third kappa shape index (κ3) is 6.86. The maximum Gasteiger partial charge on any atom is 0.573 e. The molecule has 0 radical (unpaired) electrons. The van der Waals surface area contributed by atoms with E-state index >= 15 is 0 Å². The fourth-order valence-electron chi connectivity index (χ4n) is 3.99. The molecule has 1 heterocycles. The molecule has 3 rings (SSSR count). The highest BCUT2D eigenvalue weighted by Crippen LogP contribution is 2.33. The minimum atomic E-state index is -4.93. The lowest BCUT2D eigenvalue weighted by Gasteiger charge is -2.42. The van der Waals surface area contributed by atoms with E-state index in [-0.39, 0.29) is 49.9 Å². The van der Waals surface area contributed by atoms with E-state index in [1.165, 1.54) is 4.90 Å². The zero-order chi connectivity index (χ0) is 24.2. The molecule has 2 aliphatic rings. The van der Waals surface area contributed by atoms with Crippen molar-refractivity contribution in [2.24, 2.45) is 5.92 Å². The van der Waals surface area contributed by atoms with Crippen molar-refractivity contribution in [2.45, 2.75) is 51.2 Å². The van der Waals surface area contributed by atoms with Crippen LogP contribution in [0, 0.1) is 11.7 Å². The Kier molecular flexibility index (Phi) is 7.88. The van der Waals surface area contributed by atoms with Crippen LogP contribution in [0.4, 0.5) is 27.2 Å². The van der Waals surface area contributed by atoms with Crippen LogP contribution in [0.3, 0.4) is 0 Å². The maximum absolute atomic E-state index is 14.2. The van der Waals surface area contributed by atoms with Gasteiger partial charge in [-0.1, -0.05) is 6.07 Å². The number of benzene rings is 1. The predicted octanol–water partition coefficient (Wildman–Crippen LogP) is 3.24. The largest absolute Gasteiger partial charge is 0.573 e. The van der Waals surface area contributed by atoms with E-state index in [9.17, 15) is 32.3 Å². The number of amides is 3. The van der Waals surface area contributed by atoms with Crippen molar-refractivity contribution in [3.05, 3.63) is 29.6 Å². The Morgan fingerprint density at radius 2 is 1.97 bits per heavy atom. The zero-order valence-corrected chi connectivity index (χ0v) is 18.1. The number of hydrogen-bond donors (Lipinski definition) is 2. The molecule has 8 nitrogen and oxygen atoms in total. The summed E-state index contributed by atoms with van der Waals surface area (Å²) in [5, 5.41) is 12.3. The van der Waals surface area contributed by atoms with E-state index in [4.69, 9.17) is 4.74 Å². The second-order valence-corrected chi connectivity index (χ2v) is 8.14. The highest BCUT2D eigenvalue weighted by atomic mass is 19.4. The lowest BCUT2D eigenvalue weighted by atomic mass is 9.94. The summed E-state index contributed by atoms with van der Waals surface area (Å²) < 4.78 is 59.8. The molecule has 1 saturated heterocycles. The Hall–Kier alpha value is -2.76. The molecule has 2 N–H and O–H groups in total. The second kappa shape index (κ2) is 10.4. The summed E-state index contributed by atoms with van der Waals surface area (Å²) in [5.74, 6) is -1.85. The third-order valence-electron chi connectivity index (χ3n) is 5.56. The van der Waals surface area contributed by atoms with Crippen LogP contribution in [0.15, 0.2) is 18.2 Å². The number of likely N-dealkylation sites (tertiary alicyclic amines) is 1. The van der Waals surface area contributed by atoms with Gasteiger partial charge in [0.1, 0.15) is 11.6 Å². The van der Waals surface area contributed by atoms with E-state index < -0.39 is 30.1 Å². The molecule has 0 bridgehead atoms. The van der Waals surface area contributed by atoms with Crippen molar-refractivity contribution in [3.63, 3.8) is 0 Å². The third-order valence-corrected chi connectivity index (χ3v) is 5.56. The Morgan fingerprint density at radius 3 is 2.55 bits per heavy atom. The monoisotopic (exact) mass is 477 g/mol. The molecule has 1 aromatic rings. The van der Waals surface area contributed by atoms with Gasteiger partial charge < -0.3 is 29.7 Å². The summed E-state index contributed by atoms with van der Waals surface area (Å²) >= 11 is 0. The lowest BCUT2D eigenvalue weighted by Crippen LogP contribution is -2.57. The fourth-order valence-corrected chi connectivity index (χ4v) is 3.99. The number of aliphatic hydroxyl groups excluding tert-OH is 1. The SMILES string of the molecule is CCOC(=O)N1CC(CO)CC(N(C(=O)NCc2ccc(OC(F)(F)F)cc2F)C2CC2)C1. The van der Waals surface area contributed by atoms with Gasteiger partial charge in [0.05, 0.1) is 12.6 Å². The van der Waals surface area contributed by atoms with Crippen LogP contribution in [0.25, 0.3) is 0 Å². The number of rotatable bonds is 7. The van der Waals surface area contributed by atoms with Crippen LogP contribution >= 0.6 is 0 Å². The molecule has 12 heteroatoms. The number of carbonyl (C=O) groups is 2. The van der Waals surface area contributed by atoms with Crippen LogP contribution in [-0.2, 0) is 11.3 Å². The van der Waals surface area contributed by atoms with Gasteiger partial charge in [0.15, 0.2) is 0 Å². The number of nitrogens with one attached hydrogen (secondary N) is 1. The molecule has 0 aromatic heterocycles. The van der Waals surface area contributed by atoms with E-state index in [1.54, 1.807) is 11.8 Å². The normalized spacial score (nSPS) is 20.8. The first-order chi connectivity index (χ1) is 15.6. The Morgan fingerprint density at radius 1 is 1.24 bits per heavy atom. The van der Waals surface area contributed by atoms with Gasteiger partial charge >= 0.3 is 18.5 Å². The Bertz CT molecular complexity index is 850. The maximum atomic E-state index is 14.2. The number of nitrogens with zero attached hydrogens (tertiary/aromatic N) is 2. The molecule has 3 amide bonds. The van der Waals surface area contributed by atoms with Crippen molar-refractivity contribution < 1.29 is 41.7 Å². The molecule has 1 aromatic carbocycles. The minimum Gasteiger partial charge on any atom is -0.450 e. The Labute approximate surface area is 188 Å². The number of piperidine rings is 1. The average molecular weight is 477 g/mol. The molecule has 0 spiro atoms.